The number of nitrogens with one attached hydrogen (secondary N) is 2. The monoisotopic (exact) mass is 414 g/mol. The van der Waals surface area contributed by atoms with Gasteiger partial charge in [-0.1, -0.05) is 6.07 Å². The minimum Gasteiger partial charge on any atom is -0.493 e. The number of carbonyl (C=O) groups excluding carboxylic acids is 1. The largest absolute Gasteiger partial charge is 0.493 e. The summed E-state index contributed by atoms with van der Waals surface area (Å²) in [6.45, 7) is 6.68. The molecule has 2 aromatic heterocycles. The number of nitrogens with zero attached hydrogens (tertiary/aromatic N) is 2. The predicted octanol–water partition coefficient (Wildman–Crippen LogP) is 3.40. The van der Waals surface area contributed by atoms with Gasteiger partial charge in [-0.15, -0.1) is 11.3 Å². The zero-order valence-corrected chi connectivity index (χ0v) is 18.2. The van der Waals surface area contributed by atoms with E-state index in [-0.39, 0.29) is 12.5 Å². The summed E-state index contributed by atoms with van der Waals surface area (Å²) in [4.78, 5) is 23.4. The van der Waals surface area contributed by atoms with Crippen LogP contribution in [0.15, 0.2) is 18.2 Å². The number of anilines is 1. The molecule has 0 spiro atoms. The van der Waals surface area contributed by atoms with Gasteiger partial charge in [-0.25, -0.2) is 9.97 Å². The Bertz CT molecular complexity index is 1030. The van der Waals surface area contributed by atoms with Crippen LogP contribution in [0.3, 0.4) is 0 Å². The summed E-state index contributed by atoms with van der Waals surface area (Å²) in [6.07, 6.45) is 0.700. The third-order valence-electron chi connectivity index (χ3n) is 4.74. The molecule has 3 rings (SSSR count). The van der Waals surface area contributed by atoms with Crippen LogP contribution >= 0.6 is 11.3 Å². The van der Waals surface area contributed by atoms with E-state index in [2.05, 4.69) is 34.4 Å². The molecule has 3 aromatic rings. The van der Waals surface area contributed by atoms with Gasteiger partial charge in [0.2, 0.25) is 5.91 Å². The van der Waals surface area contributed by atoms with Crippen molar-refractivity contribution < 1.29 is 14.3 Å². The molecule has 29 heavy (non-hydrogen) atoms. The second kappa shape index (κ2) is 9.09. The average Bonchev–Trinajstić information content (AvgIpc) is 2.99. The lowest BCUT2D eigenvalue weighted by Gasteiger charge is -2.11. The van der Waals surface area contributed by atoms with E-state index in [4.69, 9.17) is 9.47 Å². The van der Waals surface area contributed by atoms with E-state index in [0.29, 0.717) is 36.1 Å². The first-order chi connectivity index (χ1) is 13.9. The van der Waals surface area contributed by atoms with Crippen molar-refractivity contribution in [2.45, 2.75) is 27.2 Å². The van der Waals surface area contributed by atoms with Crippen molar-refractivity contribution in [2.24, 2.45) is 0 Å². The number of rotatable bonds is 8. The first-order valence-electron chi connectivity index (χ1n) is 9.38. The van der Waals surface area contributed by atoms with Gasteiger partial charge in [-0.2, -0.15) is 0 Å². The molecule has 0 aliphatic heterocycles. The van der Waals surface area contributed by atoms with Gasteiger partial charge in [0.15, 0.2) is 11.5 Å². The lowest BCUT2D eigenvalue weighted by molar-refractivity contribution is -0.119. The fourth-order valence-electron chi connectivity index (χ4n) is 3.09. The highest BCUT2D eigenvalue weighted by Gasteiger charge is 2.14. The van der Waals surface area contributed by atoms with E-state index in [0.717, 1.165) is 21.3 Å². The van der Waals surface area contributed by atoms with Crippen LogP contribution in [0, 0.1) is 20.8 Å². The van der Waals surface area contributed by atoms with E-state index in [1.165, 1.54) is 4.88 Å². The number of aryl methyl sites for hydroxylation is 3. The quantitative estimate of drug-likeness (QED) is 0.588. The van der Waals surface area contributed by atoms with E-state index < -0.39 is 0 Å². The minimum absolute atomic E-state index is 0.0838. The first kappa shape index (κ1) is 20.9. The molecule has 0 aliphatic rings. The summed E-state index contributed by atoms with van der Waals surface area (Å²) in [5.41, 5.74) is 2.22. The molecular weight excluding hydrogens is 388 g/mol. The van der Waals surface area contributed by atoms with Crippen LogP contribution in [0.25, 0.3) is 10.2 Å². The Kier molecular flexibility index (Phi) is 6.53. The molecule has 0 fully saturated rings. The summed E-state index contributed by atoms with van der Waals surface area (Å²) < 4.78 is 10.6. The molecule has 2 heterocycles. The molecule has 0 radical (unpaired) electrons. The van der Waals surface area contributed by atoms with Gasteiger partial charge in [0.25, 0.3) is 0 Å². The number of thiophene rings is 1. The van der Waals surface area contributed by atoms with Crippen LogP contribution < -0.4 is 20.1 Å². The lowest BCUT2D eigenvalue weighted by atomic mass is 10.1. The molecule has 8 heteroatoms. The van der Waals surface area contributed by atoms with Crippen LogP contribution in [0.5, 0.6) is 11.5 Å². The van der Waals surface area contributed by atoms with Crippen LogP contribution in [0.2, 0.25) is 0 Å². The molecule has 0 aliphatic carbocycles. The number of ether oxygens (including phenoxy) is 2. The van der Waals surface area contributed by atoms with E-state index in [1.54, 1.807) is 25.6 Å². The average molecular weight is 415 g/mol. The Balaban J connectivity index is 1.56. The molecule has 0 atom stereocenters. The number of methoxy groups -OCH3 is 2. The summed E-state index contributed by atoms with van der Waals surface area (Å²) in [5, 5.41) is 7.10. The van der Waals surface area contributed by atoms with Crippen molar-refractivity contribution >= 4 is 33.3 Å². The maximum Gasteiger partial charge on any atom is 0.239 e. The van der Waals surface area contributed by atoms with Crippen LogP contribution in [0.1, 0.15) is 21.8 Å². The van der Waals surface area contributed by atoms with Gasteiger partial charge in [-0.05, 0) is 50.5 Å². The SMILES string of the molecule is COc1ccc(CCNC(=O)CNc2nc(C)nc3sc(C)c(C)c23)cc1OC. The van der Waals surface area contributed by atoms with E-state index in [9.17, 15) is 4.79 Å². The van der Waals surface area contributed by atoms with Crippen molar-refractivity contribution in [1.82, 2.24) is 15.3 Å². The van der Waals surface area contributed by atoms with Crippen molar-refractivity contribution in [2.75, 3.05) is 32.6 Å². The summed E-state index contributed by atoms with van der Waals surface area (Å²) in [6, 6.07) is 5.75. The fourth-order valence-corrected chi connectivity index (χ4v) is 4.17. The van der Waals surface area contributed by atoms with Crippen molar-refractivity contribution in [3.8, 4) is 11.5 Å². The summed E-state index contributed by atoms with van der Waals surface area (Å²) in [5.74, 6) is 2.69. The second-order valence-electron chi connectivity index (χ2n) is 6.73. The van der Waals surface area contributed by atoms with Crippen LogP contribution in [0.4, 0.5) is 5.82 Å². The third kappa shape index (κ3) is 4.76. The molecule has 0 saturated heterocycles. The highest BCUT2D eigenvalue weighted by molar-refractivity contribution is 7.18. The van der Waals surface area contributed by atoms with Crippen LogP contribution in [-0.4, -0.2) is 43.2 Å². The van der Waals surface area contributed by atoms with Crippen molar-refractivity contribution in [3.05, 3.63) is 40.0 Å². The van der Waals surface area contributed by atoms with Gasteiger partial charge in [0.05, 0.1) is 26.2 Å². The van der Waals surface area contributed by atoms with Gasteiger partial charge in [-0.3, -0.25) is 4.79 Å². The number of hydrogen-bond acceptors (Lipinski definition) is 7. The lowest BCUT2D eigenvalue weighted by Crippen LogP contribution is -2.31. The Labute approximate surface area is 174 Å². The Morgan fingerprint density at radius 1 is 1.10 bits per heavy atom. The van der Waals surface area contributed by atoms with E-state index in [1.807, 2.05) is 25.1 Å². The minimum atomic E-state index is -0.0838. The number of aromatic nitrogens is 2. The number of amides is 1. The number of benzene rings is 1. The zero-order valence-electron chi connectivity index (χ0n) is 17.4. The molecule has 0 unspecified atom stereocenters. The van der Waals surface area contributed by atoms with Crippen LogP contribution in [-0.2, 0) is 11.2 Å². The molecule has 0 saturated carbocycles. The van der Waals surface area contributed by atoms with Gasteiger partial charge in [0.1, 0.15) is 16.5 Å². The standard InChI is InChI=1S/C21H26N4O3S/c1-12-13(2)29-21-19(12)20(24-14(3)25-21)23-11-18(26)22-9-8-15-6-7-16(27-4)17(10-15)28-5/h6-7,10H,8-9,11H2,1-5H3,(H,22,26)(H,23,24,25). The smallest absolute Gasteiger partial charge is 0.239 e. The van der Waals surface area contributed by atoms with Crippen molar-refractivity contribution in [1.29, 1.82) is 0 Å². The molecule has 1 aromatic carbocycles. The molecule has 154 valence electrons. The van der Waals surface area contributed by atoms with Gasteiger partial charge < -0.3 is 20.1 Å². The molecule has 0 bridgehead atoms. The molecule has 2 N–H and O–H groups in total. The van der Waals surface area contributed by atoms with Gasteiger partial charge >= 0.3 is 0 Å². The second-order valence-corrected chi connectivity index (χ2v) is 7.93. The first-order valence-corrected chi connectivity index (χ1v) is 10.2. The van der Waals surface area contributed by atoms with Gasteiger partial charge in [0, 0.05) is 11.4 Å². The summed E-state index contributed by atoms with van der Waals surface area (Å²) in [7, 11) is 3.22. The highest BCUT2D eigenvalue weighted by atomic mass is 32.1. The maximum atomic E-state index is 12.3. The van der Waals surface area contributed by atoms with Crippen molar-refractivity contribution in [3.63, 3.8) is 0 Å². The highest BCUT2D eigenvalue weighted by Crippen LogP contribution is 2.33. The molecule has 7 nitrogen and oxygen atoms in total. The third-order valence-corrected chi connectivity index (χ3v) is 5.84. The molecule has 1 amide bonds. The zero-order chi connectivity index (χ0) is 21.0. The normalized spacial score (nSPS) is 10.8. The molecular formula is C21H26N4O3S. The Morgan fingerprint density at radius 2 is 1.86 bits per heavy atom. The summed E-state index contributed by atoms with van der Waals surface area (Å²) >= 11 is 1.65. The number of fused-ring (bicyclic) bond motifs is 1. The topological polar surface area (TPSA) is 85.4 Å². The number of carbonyl (C=O) groups is 1. The Morgan fingerprint density at radius 3 is 2.59 bits per heavy atom. The Hall–Kier alpha value is -2.87. The fraction of sp³-hybridized carbons (Fsp3) is 0.381. The number of hydrogen-bond donors (Lipinski definition) is 2. The predicted molar refractivity (Wildman–Crippen MR) is 116 cm³/mol. The van der Waals surface area contributed by atoms with E-state index >= 15 is 0 Å². The maximum absolute atomic E-state index is 12.3.